The van der Waals surface area contributed by atoms with Crippen molar-refractivity contribution in [3.8, 4) is 11.8 Å². The van der Waals surface area contributed by atoms with Gasteiger partial charge in [-0.1, -0.05) is 30.3 Å². The quantitative estimate of drug-likeness (QED) is 0.453. The minimum atomic E-state index is -0.300. The first-order valence-corrected chi connectivity index (χ1v) is 12.6. The molecule has 1 saturated heterocycles. The van der Waals surface area contributed by atoms with Crippen LogP contribution in [-0.4, -0.2) is 49.6 Å². The van der Waals surface area contributed by atoms with Crippen molar-refractivity contribution in [2.45, 2.75) is 25.6 Å². The minimum absolute atomic E-state index is 0.0350. The topological polar surface area (TPSA) is 51.5 Å². The van der Waals surface area contributed by atoms with Gasteiger partial charge in [-0.25, -0.2) is 4.39 Å². The number of thiophene rings is 1. The van der Waals surface area contributed by atoms with Gasteiger partial charge in [0, 0.05) is 61.7 Å². The number of nitriles is 1. The molecule has 4 rings (SSSR count). The van der Waals surface area contributed by atoms with Crippen LogP contribution in [-0.2, 0) is 13.1 Å². The SMILES string of the molecule is CNCCC(Oc1ccccc1CN1CCN(Cc2ccc(C#N)cc2F)CC1)c1cccs1. The molecule has 178 valence electrons. The fourth-order valence-electron chi connectivity index (χ4n) is 4.24. The van der Waals surface area contributed by atoms with Gasteiger partial charge >= 0.3 is 0 Å². The molecule has 1 unspecified atom stereocenters. The number of hydrogen-bond acceptors (Lipinski definition) is 6. The van der Waals surface area contributed by atoms with Crippen molar-refractivity contribution in [2.24, 2.45) is 0 Å². The average molecular weight is 479 g/mol. The second kappa shape index (κ2) is 12.1. The molecule has 0 radical (unpaired) electrons. The van der Waals surface area contributed by atoms with E-state index in [1.165, 1.54) is 16.5 Å². The van der Waals surface area contributed by atoms with E-state index in [1.54, 1.807) is 23.5 Å². The number of piperazine rings is 1. The van der Waals surface area contributed by atoms with Crippen molar-refractivity contribution < 1.29 is 9.13 Å². The number of hydrogen-bond donors (Lipinski definition) is 1. The molecule has 0 amide bonds. The monoisotopic (exact) mass is 478 g/mol. The molecule has 1 aliphatic heterocycles. The van der Waals surface area contributed by atoms with Crippen molar-refractivity contribution in [2.75, 3.05) is 39.8 Å². The normalized spacial score (nSPS) is 15.7. The summed E-state index contributed by atoms with van der Waals surface area (Å²) >= 11 is 1.73. The average Bonchev–Trinajstić information content (AvgIpc) is 3.40. The highest BCUT2D eigenvalue weighted by Gasteiger charge is 2.21. The fourth-order valence-corrected chi connectivity index (χ4v) is 5.03. The van der Waals surface area contributed by atoms with Crippen LogP contribution in [0, 0.1) is 17.1 Å². The Morgan fingerprint density at radius 1 is 1.03 bits per heavy atom. The van der Waals surface area contributed by atoms with Gasteiger partial charge in [-0.3, -0.25) is 9.80 Å². The van der Waals surface area contributed by atoms with E-state index in [1.807, 2.05) is 19.2 Å². The lowest BCUT2D eigenvalue weighted by Gasteiger charge is -2.35. The molecule has 0 spiro atoms. The van der Waals surface area contributed by atoms with E-state index < -0.39 is 0 Å². The summed E-state index contributed by atoms with van der Waals surface area (Å²) in [5.41, 5.74) is 2.20. The zero-order valence-electron chi connectivity index (χ0n) is 19.5. The van der Waals surface area contributed by atoms with Gasteiger partial charge in [0.1, 0.15) is 17.7 Å². The Bertz CT molecular complexity index is 1090. The van der Waals surface area contributed by atoms with Crippen LogP contribution in [0.5, 0.6) is 5.75 Å². The van der Waals surface area contributed by atoms with Gasteiger partial charge < -0.3 is 10.1 Å². The summed E-state index contributed by atoms with van der Waals surface area (Å²) in [5.74, 6) is 0.644. The molecule has 0 aliphatic carbocycles. The predicted molar refractivity (Wildman–Crippen MR) is 134 cm³/mol. The molecule has 5 nitrogen and oxygen atoms in total. The molecule has 1 aliphatic rings. The van der Waals surface area contributed by atoms with Crippen molar-refractivity contribution in [3.05, 3.63) is 87.4 Å². The van der Waals surface area contributed by atoms with Gasteiger partial charge in [-0.15, -0.1) is 11.3 Å². The minimum Gasteiger partial charge on any atom is -0.485 e. The Labute approximate surface area is 205 Å². The maximum Gasteiger partial charge on any atom is 0.134 e. The second-order valence-electron chi connectivity index (χ2n) is 8.59. The van der Waals surface area contributed by atoms with Crippen LogP contribution < -0.4 is 10.1 Å². The Hall–Kier alpha value is -2.76. The Morgan fingerprint density at radius 2 is 1.76 bits per heavy atom. The fraction of sp³-hybridized carbons (Fsp3) is 0.370. The molecule has 1 aromatic heterocycles. The van der Waals surface area contributed by atoms with Crippen LogP contribution >= 0.6 is 11.3 Å². The summed E-state index contributed by atoms with van der Waals surface area (Å²) in [4.78, 5) is 5.95. The van der Waals surface area contributed by atoms with Crippen LogP contribution in [0.4, 0.5) is 4.39 Å². The lowest BCUT2D eigenvalue weighted by Crippen LogP contribution is -2.45. The van der Waals surface area contributed by atoms with Gasteiger partial charge in [0.2, 0.25) is 0 Å². The van der Waals surface area contributed by atoms with E-state index in [9.17, 15) is 4.39 Å². The van der Waals surface area contributed by atoms with Crippen LogP contribution in [0.3, 0.4) is 0 Å². The number of nitrogens with one attached hydrogen (secondary N) is 1. The maximum atomic E-state index is 14.3. The van der Waals surface area contributed by atoms with Crippen molar-refractivity contribution in [1.29, 1.82) is 5.26 Å². The highest BCUT2D eigenvalue weighted by molar-refractivity contribution is 7.10. The Kier molecular flexibility index (Phi) is 8.67. The second-order valence-corrected chi connectivity index (χ2v) is 9.57. The number of rotatable bonds is 10. The molecule has 1 N–H and O–H groups in total. The summed E-state index contributed by atoms with van der Waals surface area (Å²) in [7, 11) is 1.97. The number of halogens is 1. The van der Waals surface area contributed by atoms with Gasteiger partial charge in [-0.05, 0) is 43.2 Å². The third-order valence-corrected chi connectivity index (χ3v) is 7.16. The van der Waals surface area contributed by atoms with Crippen LogP contribution in [0.25, 0.3) is 0 Å². The summed E-state index contributed by atoms with van der Waals surface area (Å²) in [6.07, 6.45) is 0.948. The van der Waals surface area contributed by atoms with E-state index in [0.717, 1.165) is 51.4 Å². The van der Waals surface area contributed by atoms with E-state index in [0.29, 0.717) is 17.7 Å². The first-order chi connectivity index (χ1) is 16.7. The highest BCUT2D eigenvalue weighted by atomic mass is 32.1. The van der Waals surface area contributed by atoms with Crippen molar-refractivity contribution in [3.63, 3.8) is 0 Å². The predicted octanol–water partition coefficient (Wildman–Crippen LogP) is 4.81. The molecule has 3 aromatic rings. The number of ether oxygens (including phenoxy) is 1. The van der Waals surface area contributed by atoms with E-state index in [2.05, 4.69) is 50.8 Å². The van der Waals surface area contributed by atoms with Crippen LogP contribution in [0.1, 0.15) is 34.1 Å². The molecular weight excluding hydrogens is 447 g/mol. The zero-order valence-corrected chi connectivity index (χ0v) is 20.4. The third-order valence-electron chi connectivity index (χ3n) is 6.19. The lowest BCUT2D eigenvalue weighted by molar-refractivity contribution is 0.118. The molecule has 1 fully saturated rings. The number of nitrogens with zero attached hydrogens (tertiary/aromatic N) is 3. The zero-order chi connectivity index (χ0) is 23.8. The first kappa shape index (κ1) is 24.4. The highest BCUT2D eigenvalue weighted by Crippen LogP contribution is 2.30. The molecule has 1 atom stereocenters. The molecule has 0 saturated carbocycles. The van der Waals surface area contributed by atoms with Gasteiger partial charge in [0.25, 0.3) is 0 Å². The summed E-state index contributed by atoms with van der Waals surface area (Å²) in [6.45, 7) is 5.88. The molecule has 7 heteroatoms. The summed E-state index contributed by atoms with van der Waals surface area (Å²) in [5, 5.41) is 14.3. The Morgan fingerprint density at radius 3 is 2.41 bits per heavy atom. The lowest BCUT2D eigenvalue weighted by atomic mass is 10.1. The van der Waals surface area contributed by atoms with Gasteiger partial charge in [0.15, 0.2) is 0 Å². The van der Waals surface area contributed by atoms with E-state index in [4.69, 9.17) is 10.00 Å². The summed E-state index contributed by atoms with van der Waals surface area (Å²) in [6, 6.07) is 19.3. The van der Waals surface area contributed by atoms with E-state index in [-0.39, 0.29) is 11.9 Å². The molecule has 0 bridgehead atoms. The van der Waals surface area contributed by atoms with Crippen molar-refractivity contribution in [1.82, 2.24) is 15.1 Å². The number of benzene rings is 2. The third kappa shape index (κ3) is 6.43. The van der Waals surface area contributed by atoms with Gasteiger partial charge in [0.05, 0.1) is 11.6 Å². The molecule has 2 heterocycles. The smallest absolute Gasteiger partial charge is 0.134 e. The van der Waals surface area contributed by atoms with E-state index >= 15 is 0 Å². The largest absolute Gasteiger partial charge is 0.485 e. The molecule has 34 heavy (non-hydrogen) atoms. The van der Waals surface area contributed by atoms with Crippen LogP contribution in [0.2, 0.25) is 0 Å². The van der Waals surface area contributed by atoms with Crippen molar-refractivity contribution >= 4 is 11.3 Å². The first-order valence-electron chi connectivity index (χ1n) is 11.7. The summed E-state index contributed by atoms with van der Waals surface area (Å²) < 4.78 is 20.8. The Balaban J connectivity index is 1.35. The standard InChI is InChI=1S/C27H31FN4OS/c1-30-11-10-26(27-7-4-16-34-27)33-25-6-3-2-5-23(25)20-32-14-12-31(13-15-32)19-22-9-8-21(18-29)17-24(22)28/h2-9,16-17,26,30H,10-15,19-20H2,1H3. The molecular formula is C27H31FN4OS. The molecule has 2 aromatic carbocycles. The van der Waals surface area contributed by atoms with Crippen LogP contribution in [0.15, 0.2) is 60.0 Å². The van der Waals surface area contributed by atoms with Gasteiger partial charge in [-0.2, -0.15) is 5.26 Å². The maximum absolute atomic E-state index is 14.3. The number of para-hydroxylation sites is 1.